The Morgan fingerprint density at radius 3 is 2.70 bits per heavy atom. The predicted octanol–water partition coefficient (Wildman–Crippen LogP) is 1.25. The lowest BCUT2D eigenvalue weighted by Gasteiger charge is -2.22. The second-order valence-electron chi connectivity index (χ2n) is 4.93. The number of nitrogens with one attached hydrogen (secondary N) is 1. The van der Waals surface area contributed by atoms with Crippen LogP contribution in [0.1, 0.15) is 30.3 Å². The maximum Gasteiger partial charge on any atom is 0.321 e. The number of nitro groups is 1. The average molecular weight is 281 g/mol. The van der Waals surface area contributed by atoms with Crippen LogP contribution in [0.4, 0.5) is 5.82 Å². The number of aromatic nitrogens is 1. The Hall–Kier alpha value is -2.38. The molecule has 8 heteroatoms. The molecule has 1 aliphatic rings. The molecule has 2 rings (SSSR count). The number of carboxylic acid groups (broad SMARTS) is 1. The molecule has 1 aromatic rings. The smallest absolute Gasteiger partial charge is 0.321 e. The third-order valence-electron chi connectivity index (χ3n) is 3.87. The van der Waals surface area contributed by atoms with Gasteiger partial charge in [-0.2, -0.15) is 0 Å². The summed E-state index contributed by atoms with van der Waals surface area (Å²) in [6.45, 7) is 2.25. The van der Waals surface area contributed by atoms with Crippen molar-refractivity contribution < 1.29 is 19.6 Å². The van der Waals surface area contributed by atoms with E-state index in [0.717, 1.165) is 0 Å². The molecule has 0 aliphatic carbocycles. The molecule has 0 saturated carbocycles. The van der Waals surface area contributed by atoms with E-state index in [2.05, 4.69) is 4.98 Å². The van der Waals surface area contributed by atoms with Crippen LogP contribution in [0.5, 0.6) is 0 Å². The van der Waals surface area contributed by atoms with E-state index in [1.54, 1.807) is 6.92 Å². The van der Waals surface area contributed by atoms with E-state index in [1.165, 1.54) is 17.0 Å². The van der Waals surface area contributed by atoms with Gasteiger partial charge < -0.3 is 20.1 Å². The maximum absolute atomic E-state index is 12.2. The Labute approximate surface area is 114 Å². The van der Waals surface area contributed by atoms with Crippen molar-refractivity contribution in [2.45, 2.75) is 19.8 Å². The highest BCUT2D eigenvalue weighted by Gasteiger charge is 2.45. The summed E-state index contributed by atoms with van der Waals surface area (Å²) in [5.41, 5.74) is -0.803. The molecule has 108 valence electrons. The number of H-pyrrole nitrogens is 1. The third kappa shape index (κ3) is 2.24. The zero-order chi connectivity index (χ0) is 14.9. The summed E-state index contributed by atoms with van der Waals surface area (Å²) < 4.78 is 0. The Kier molecular flexibility index (Phi) is 3.47. The standard InChI is InChI=1S/C12H15N3O5/c1-2-12(11(17)18)5-6-14(7-12)10(16)8-3-4-9(13-8)15(19)20/h3-4,13H,2,5-7H2,1H3,(H,17,18). The lowest BCUT2D eigenvalue weighted by molar-refractivity contribution is -0.389. The van der Waals surface area contributed by atoms with Crippen molar-refractivity contribution in [1.29, 1.82) is 0 Å². The van der Waals surface area contributed by atoms with Gasteiger partial charge >= 0.3 is 11.8 Å². The number of carbonyl (C=O) groups is 2. The lowest BCUT2D eigenvalue weighted by atomic mass is 9.84. The van der Waals surface area contributed by atoms with Crippen molar-refractivity contribution in [1.82, 2.24) is 9.88 Å². The van der Waals surface area contributed by atoms with Crippen molar-refractivity contribution in [3.8, 4) is 0 Å². The average Bonchev–Trinajstić information content (AvgIpc) is 3.05. The minimum Gasteiger partial charge on any atom is -0.481 e. The Bertz CT molecular complexity index is 567. The molecule has 2 heterocycles. The minimum atomic E-state index is -0.909. The number of likely N-dealkylation sites (tertiary alicyclic amines) is 1. The molecule has 0 spiro atoms. The first-order valence-electron chi connectivity index (χ1n) is 6.26. The van der Waals surface area contributed by atoms with E-state index in [-0.39, 0.29) is 18.1 Å². The molecule has 1 fully saturated rings. The van der Waals surface area contributed by atoms with E-state index >= 15 is 0 Å². The summed E-state index contributed by atoms with van der Waals surface area (Å²) in [7, 11) is 0. The van der Waals surface area contributed by atoms with E-state index in [1.807, 2.05) is 0 Å². The van der Waals surface area contributed by atoms with Crippen molar-refractivity contribution in [3.05, 3.63) is 27.9 Å². The van der Waals surface area contributed by atoms with E-state index in [0.29, 0.717) is 19.4 Å². The normalized spacial score (nSPS) is 21.9. The van der Waals surface area contributed by atoms with E-state index in [9.17, 15) is 24.8 Å². The van der Waals surface area contributed by atoms with Gasteiger partial charge in [-0.1, -0.05) is 6.92 Å². The molecule has 1 unspecified atom stereocenters. The molecule has 0 radical (unpaired) electrons. The third-order valence-corrected chi connectivity index (χ3v) is 3.87. The summed E-state index contributed by atoms with van der Waals surface area (Å²) in [6.07, 6.45) is 0.838. The van der Waals surface area contributed by atoms with Gasteiger partial charge in [-0.05, 0) is 23.8 Å². The van der Waals surface area contributed by atoms with Gasteiger partial charge in [0.05, 0.1) is 5.41 Å². The number of amides is 1. The lowest BCUT2D eigenvalue weighted by Crippen LogP contribution is -2.36. The highest BCUT2D eigenvalue weighted by Crippen LogP contribution is 2.34. The molecular weight excluding hydrogens is 266 g/mol. The fourth-order valence-corrected chi connectivity index (χ4v) is 2.45. The monoisotopic (exact) mass is 281 g/mol. The van der Waals surface area contributed by atoms with Gasteiger partial charge in [-0.3, -0.25) is 9.59 Å². The molecule has 1 atom stereocenters. The molecule has 0 bridgehead atoms. The maximum atomic E-state index is 12.2. The second-order valence-corrected chi connectivity index (χ2v) is 4.93. The molecule has 1 amide bonds. The number of carbonyl (C=O) groups excluding carboxylic acids is 1. The van der Waals surface area contributed by atoms with Crippen LogP contribution in [0.3, 0.4) is 0 Å². The Morgan fingerprint density at radius 1 is 1.55 bits per heavy atom. The van der Waals surface area contributed by atoms with Crippen molar-refractivity contribution in [2.75, 3.05) is 13.1 Å². The summed E-state index contributed by atoms with van der Waals surface area (Å²) in [5, 5.41) is 19.8. The van der Waals surface area contributed by atoms with Crippen LogP contribution in [0, 0.1) is 15.5 Å². The number of hydrogen-bond donors (Lipinski definition) is 2. The summed E-state index contributed by atoms with van der Waals surface area (Å²) in [5.74, 6) is -1.57. The highest BCUT2D eigenvalue weighted by atomic mass is 16.6. The predicted molar refractivity (Wildman–Crippen MR) is 68.3 cm³/mol. The number of carboxylic acids is 1. The first-order valence-corrected chi connectivity index (χ1v) is 6.26. The van der Waals surface area contributed by atoms with Crippen molar-refractivity contribution in [2.24, 2.45) is 5.41 Å². The second kappa shape index (κ2) is 4.95. The summed E-state index contributed by atoms with van der Waals surface area (Å²) in [6, 6.07) is 2.56. The van der Waals surface area contributed by atoms with Gasteiger partial charge in [0.2, 0.25) is 0 Å². The first kappa shape index (κ1) is 14.0. The topological polar surface area (TPSA) is 117 Å². The fourth-order valence-electron chi connectivity index (χ4n) is 2.45. The van der Waals surface area contributed by atoms with Crippen LogP contribution < -0.4 is 0 Å². The van der Waals surface area contributed by atoms with Gasteiger partial charge in [0.15, 0.2) is 5.69 Å². The molecule has 1 saturated heterocycles. The molecule has 1 aromatic heterocycles. The van der Waals surface area contributed by atoms with Crippen LogP contribution >= 0.6 is 0 Å². The van der Waals surface area contributed by atoms with Crippen molar-refractivity contribution >= 4 is 17.7 Å². The van der Waals surface area contributed by atoms with Gasteiger partial charge in [0.1, 0.15) is 0 Å². The zero-order valence-corrected chi connectivity index (χ0v) is 11.0. The quantitative estimate of drug-likeness (QED) is 0.636. The number of aliphatic carboxylic acids is 1. The van der Waals surface area contributed by atoms with Gasteiger partial charge in [0, 0.05) is 19.2 Å². The SMILES string of the molecule is CCC1(C(=O)O)CCN(C(=O)c2ccc([N+](=O)[O-])[nH]2)C1. The number of hydrogen-bond acceptors (Lipinski definition) is 4. The van der Waals surface area contributed by atoms with Crippen LogP contribution in [0.2, 0.25) is 0 Å². The summed E-state index contributed by atoms with van der Waals surface area (Å²) in [4.78, 5) is 37.3. The van der Waals surface area contributed by atoms with Crippen LogP contribution in [0.25, 0.3) is 0 Å². The number of rotatable bonds is 4. The fraction of sp³-hybridized carbons (Fsp3) is 0.500. The first-order chi connectivity index (χ1) is 9.39. The van der Waals surface area contributed by atoms with Gasteiger partial charge in [-0.25, -0.2) is 4.98 Å². The molecule has 20 heavy (non-hydrogen) atoms. The van der Waals surface area contributed by atoms with Gasteiger partial charge in [-0.15, -0.1) is 0 Å². The Morgan fingerprint density at radius 2 is 2.25 bits per heavy atom. The summed E-state index contributed by atoms with van der Waals surface area (Å²) >= 11 is 0. The van der Waals surface area contributed by atoms with Crippen molar-refractivity contribution in [3.63, 3.8) is 0 Å². The molecular formula is C12H15N3O5. The minimum absolute atomic E-state index is 0.106. The van der Waals surface area contributed by atoms with Crippen LogP contribution in [-0.4, -0.2) is 44.9 Å². The molecule has 0 aromatic carbocycles. The van der Waals surface area contributed by atoms with Crippen LogP contribution in [-0.2, 0) is 4.79 Å². The molecule has 2 N–H and O–H groups in total. The van der Waals surface area contributed by atoms with E-state index in [4.69, 9.17) is 0 Å². The molecule has 1 aliphatic heterocycles. The van der Waals surface area contributed by atoms with Gasteiger partial charge in [0.25, 0.3) is 5.91 Å². The Balaban J connectivity index is 2.15. The largest absolute Gasteiger partial charge is 0.481 e. The zero-order valence-electron chi connectivity index (χ0n) is 11.0. The van der Waals surface area contributed by atoms with E-state index < -0.39 is 22.2 Å². The molecule has 8 nitrogen and oxygen atoms in total. The number of nitrogens with zero attached hydrogens (tertiary/aromatic N) is 2. The van der Waals surface area contributed by atoms with Crippen LogP contribution in [0.15, 0.2) is 12.1 Å². The number of aromatic amines is 1. The highest BCUT2D eigenvalue weighted by molar-refractivity contribution is 5.93.